The number of rotatable bonds is 7. The van der Waals surface area contributed by atoms with Crippen LogP contribution in [0.25, 0.3) is 0 Å². The molecule has 4 nitrogen and oxygen atoms in total. The van der Waals surface area contributed by atoms with Gasteiger partial charge in [-0.25, -0.2) is 4.79 Å². The third-order valence-corrected chi connectivity index (χ3v) is 5.20. The second kappa shape index (κ2) is 9.39. The van der Waals surface area contributed by atoms with Crippen molar-refractivity contribution < 1.29 is 9.53 Å². The Morgan fingerprint density at radius 3 is 2.64 bits per heavy atom. The van der Waals surface area contributed by atoms with Crippen molar-refractivity contribution in [2.24, 2.45) is 11.8 Å². The topological polar surface area (TPSA) is 41.6 Å². The molecule has 0 aromatic heterocycles. The van der Waals surface area contributed by atoms with Crippen LogP contribution in [-0.2, 0) is 4.74 Å². The van der Waals surface area contributed by atoms with Crippen LogP contribution in [0.1, 0.15) is 65.2 Å². The molecule has 0 radical (unpaired) electrons. The Morgan fingerprint density at radius 1 is 1.18 bits per heavy atom. The van der Waals surface area contributed by atoms with Crippen molar-refractivity contribution in [3.8, 4) is 0 Å². The maximum absolute atomic E-state index is 12.1. The number of hydrogen-bond acceptors (Lipinski definition) is 3. The molecule has 2 rings (SSSR count). The largest absolute Gasteiger partial charge is 0.450 e. The van der Waals surface area contributed by atoms with Gasteiger partial charge in [-0.2, -0.15) is 0 Å². The molecule has 0 aromatic carbocycles. The molecule has 2 atom stereocenters. The molecule has 1 amide bonds. The minimum atomic E-state index is -0.128. The first kappa shape index (κ1) is 17.6. The van der Waals surface area contributed by atoms with Crippen LogP contribution in [0.2, 0.25) is 0 Å². The number of hydrogen-bond donors (Lipinski definition) is 1. The third-order valence-electron chi connectivity index (χ3n) is 5.20. The number of carbonyl (C=O) groups is 1. The maximum atomic E-state index is 12.1. The van der Waals surface area contributed by atoms with E-state index in [1.807, 2.05) is 11.8 Å². The highest BCUT2D eigenvalue weighted by atomic mass is 16.6. The zero-order valence-corrected chi connectivity index (χ0v) is 14.5. The number of nitrogens with zero attached hydrogens (tertiary/aromatic N) is 1. The lowest BCUT2D eigenvalue weighted by atomic mass is 9.90. The van der Waals surface area contributed by atoms with Crippen LogP contribution >= 0.6 is 0 Å². The highest BCUT2D eigenvalue weighted by Crippen LogP contribution is 2.26. The first-order chi connectivity index (χ1) is 10.7. The van der Waals surface area contributed by atoms with E-state index in [0.29, 0.717) is 18.6 Å². The van der Waals surface area contributed by atoms with Gasteiger partial charge in [-0.1, -0.05) is 32.6 Å². The molecule has 1 aliphatic carbocycles. The number of likely N-dealkylation sites (tertiary alicyclic amines) is 1. The molecular weight excluding hydrogens is 276 g/mol. The molecule has 1 aliphatic heterocycles. The van der Waals surface area contributed by atoms with E-state index in [1.54, 1.807) is 0 Å². The van der Waals surface area contributed by atoms with Gasteiger partial charge in [0.05, 0.1) is 6.61 Å². The minimum absolute atomic E-state index is 0.128. The van der Waals surface area contributed by atoms with Crippen LogP contribution in [0.15, 0.2) is 0 Å². The number of carbonyl (C=O) groups excluding carboxylic acids is 1. The highest BCUT2D eigenvalue weighted by molar-refractivity contribution is 5.67. The Morgan fingerprint density at radius 2 is 1.95 bits per heavy atom. The fourth-order valence-corrected chi connectivity index (χ4v) is 3.97. The van der Waals surface area contributed by atoms with Crippen LogP contribution in [-0.4, -0.2) is 43.3 Å². The van der Waals surface area contributed by atoms with Gasteiger partial charge in [0, 0.05) is 19.1 Å². The summed E-state index contributed by atoms with van der Waals surface area (Å²) in [6.45, 7) is 7.40. The first-order valence-electron chi connectivity index (χ1n) is 9.38. The zero-order valence-electron chi connectivity index (χ0n) is 14.5. The fourth-order valence-electron chi connectivity index (χ4n) is 3.97. The van der Waals surface area contributed by atoms with Crippen LogP contribution in [0.3, 0.4) is 0 Å². The van der Waals surface area contributed by atoms with Gasteiger partial charge in [-0.15, -0.1) is 0 Å². The lowest BCUT2D eigenvalue weighted by molar-refractivity contribution is 0.0764. The normalized spacial score (nSPS) is 26.4. The van der Waals surface area contributed by atoms with Crippen LogP contribution in [0.4, 0.5) is 4.79 Å². The van der Waals surface area contributed by atoms with Crippen LogP contribution in [0, 0.1) is 11.8 Å². The summed E-state index contributed by atoms with van der Waals surface area (Å²) in [5, 5.41) is 3.75. The van der Waals surface area contributed by atoms with Crippen molar-refractivity contribution in [1.82, 2.24) is 10.2 Å². The van der Waals surface area contributed by atoms with Crippen molar-refractivity contribution in [1.29, 1.82) is 0 Å². The molecule has 0 spiro atoms. The van der Waals surface area contributed by atoms with Crippen molar-refractivity contribution >= 4 is 6.09 Å². The maximum Gasteiger partial charge on any atom is 0.409 e. The summed E-state index contributed by atoms with van der Waals surface area (Å²) >= 11 is 0. The number of piperidine rings is 1. The van der Waals surface area contributed by atoms with E-state index < -0.39 is 0 Å². The van der Waals surface area contributed by atoms with Gasteiger partial charge in [0.25, 0.3) is 0 Å². The van der Waals surface area contributed by atoms with Gasteiger partial charge in [-0.3, -0.25) is 0 Å². The summed E-state index contributed by atoms with van der Waals surface area (Å²) < 4.78 is 5.22. The predicted molar refractivity (Wildman–Crippen MR) is 90.0 cm³/mol. The summed E-state index contributed by atoms with van der Waals surface area (Å²) in [5.41, 5.74) is 0. The van der Waals surface area contributed by atoms with E-state index >= 15 is 0 Å². The summed E-state index contributed by atoms with van der Waals surface area (Å²) in [6, 6.07) is 0.445. The van der Waals surface area contributed by atoms with Gasteiger partial charge >= 0.3 is 6.09 Å². The van der Waals surface area contributed by atoms with Gasteiger partial charge in [0.2, 0.25) is 0 Å². The summed E-state index contributed by atoms with van der Waals surface area (Å²) in [6.07, 6.45) is 10.3. The van der Waals surface area contributed by atoms with E-state index in [0.717, 1.165) is 25.6 Å². The third kappa shape index (κ3) is 5.45. The minimum Gasteiger partial charge on any atom is -0.450 e. The Bertz CT molecular complexity index is 329. The smallest absolute Gasteiger partial charge is 0.409 e. The second-order valence-electron chi connectivity index (χ2n) is 7.10. The highest BCUT2D eigenvalue weighted by Gasteiger charge is 2.30. The predicted octanol–water partition coefficient (Wildman–Crippen LogP) is 3.80. The van der Waals surface area contributed by atoms with Gasteiger partial charge in [0.1, 0.15) is 0 Å². The quantitative estimate of drug-likeness (QED) is 0.777. The molecule has 1 saturated carbocycles. The molecule has 0 aromatic rings. The van der Waals surface area contributed by atoms with Crippen LogP contribution < -0.4 is 5.32 Å². The number of ether oxygens (including phenoxy) is 1. The Hall–Kier alpha value is -0.770. The molecule has 4 heteroatoms. The van der Waals surface area contributed by atoms with E-state index in [9.17, 15) is 4.79 Å². The molecule has 128 valence electrons. The standard InChI is InChI=1S/C18H34N2O2/c1-3-5-8-16-11-17(19-12-15-9-6-7-10-15)14-20(13-16)18(21)22-4-2/h15-17,19H,3-14H2,1-2H3. The molecule has 1 N–H and O–H groups in total. The average molecular weight is 310 g/mol. The molecule has 0 bridgehead atoms. The average Bonchev–Trinajstić information content (AvgIpc) is 3.04. The van der Waals surface area contributed by atoms with E-state index in [-0.39, 0.29) is 6.09 Å². The fraction of sp³-hybridized carbons (Fsp3) is 0.944. The van der Waals surface area contributed by atoms with E-state index in [2.05, 4.69) is 12.2 Å². The summed E-state index contributed by atoms with van der Waals surface area (Å²) in [7, 11) is 0. The molecular formula is C18H34N2O2. The van der Waals surface area contributed by atoms with Gasteiger partial charge < -0.3 is 15.0 Å². The summed E-state index contributed by atoms with van der Waals surface area (Å²) in [4.78, 5) is 14.0. The Balaban J connectivity index is 1.84. The van der Waals surface area contributed by atoms with E-state index in [4.69, 9.17) is 4.74 Å². The first-order valence-corrected chi connectivity index (χ1v) is 9.38. The van der Waals surface area contributed by atoms with Gasteiger partial charge in [-0.05, 0) is 51.0 Å². The second-order valence-corrected chi connectivity index (χ2v) is 7.10. The van der Waals surface area contributed by atoms with Crippen molar-refractivity contribution in [2.45, 2.75) is 71.3 Å². The Labute approximate surface area is 136 Å². The van der Waals surface area contributed by atoms with Crippen LogP contribution in [0.5, 0.6) is 0 Å². The molecule has 22 heavy (non-hydrogen) atoms. The summed E-state index contributed by atoms with van der Waals surface area (Å²) in [5.74, 6) is 1.48. The van der Waals surface area contributed by atoms with E-state index in [1.165, 1.54) is 51.4 Å². The zero-order chi connectivity index (χ0) is 15.8. The molecule has 1 heterocycles. The van der Waals surface area contributed by atoms with Crippen molar-refractivity contribution in [3.05, 3.63) is 0 Å². The number of amides is 1. The number of unbranched alkanes of at least 4 members (excludes halogenated alkanes) is 1. The number of nitrogens with one attached hydrogen (secondary N) is 1. The monoisotopic (exact) mass is 310 g/mol. The molecule has 2 unspecified atom stereocenters. The van der Waals surface area contributed by atoms with Crippen molar-refractivity contribution in [3.63, 3.8) is 0 Å². The molecule has 2 fully saturated rings. The van der Waals surface area contributed by atoms with Gasteiger partial charge in [0.15, 0.2) is 0 Å². The molecule has 2 aliphatic rings. The lowest BCUT2D eigenvalue weighted by Gasteiger charge is -2.38. The molecule has 1 saturated heterocycles. The lowest BCUT2D eigenvalue weighted by Crippen LogP contribution is -2.52. The van der Waals surface area contributed by atoms with Crippen molar-refractivity contribution in [2.75, 3.05) is 26.2 Å². The Kier molecular flexibility index (Phi) is 7.50. The SMILES string of the molecule is CCCCC1CC(NCC2CCCC2)CN(C(=O)OCC)C1.